The van der Waals surface area contributed by atoms with Gasteiger partial charge < -0.3 is 9.80 Å². The van der Waals surface area contributed by atoms with Crippen molar-refractivity contribution in [1.82, 2.24) is 14.9 Å². The van der Waals surface area contributed by atoms with E-state index >= 15 is 0 Å². The van der Waals surface area contributed by atoms with E-state index in [1.165, 1.54) is 38.8 Å². The molecule has 1 atom stereocenters. The minimum Gasteiger partial charge on any atom is -0.355 e. The first-order valence-corrected chi connectivity index (χ1v) is 8.44. The van der Waals surface area contributed by atoms with Crippen molar-refractivity contribution in [2.75, 3.05) is 31.1 Å². The summed E-state index contributed by atoms with van der Waals surface area (Å²) in [6.07, 6.45) is 7.21. The Morgan fingerprint density at radius 2 is 1.76 bits per heavy atom. The van der Waals surface area contributed by atoms with E-state index < -0.39 is 0 Å². The summed E-state index contributed by atoms with van der Waals surface area (Å²) in [5.74, 6) is 1.94. The predicted molar refractivity (Wildman–Crippen MR) is 86.7 cm³/mol. The molecule has 2 aliphatic heterocycles. The molecule has 0 aliphatic carbocycles. The number of aryl methyl sites for hydroxylation is 2. The Kier molecular flexibility index (Phi) is 4.43. The molecule has 1 unspecified atom stereocenters. The lowest BCUT2D eigenvalue weighted by atomic mass is 9.89. The van der Waals surface area contributed by atoms with Crippen molar-refractivity contribution in [1.29, 1.82) is 0 Å². The second-order valence-corrected chi connectivity index (χ2v) is 6.73. The molecule has 4 heteroatoms. The molecule has 3 heterocycles. The molecular formula is C17H28N4. The fourth-order valence-corrected chi connectivity index (χ4v) is 3.86. The Hall–Kier alpha value is -1.16. The van der Waals surface area contributed by atoms with Crippen molar-refractivity contribution >= 4 is 5.82 Å². The van der Waals surface area contributed by atoms with Crippen molar-refractivity contribution in [3.8, 4) is 0 Å². The molecule has 116 valence electrons. The second kappa shape index (κ2) is 6.30. The van der Waals surface area contributed by atoms with Crippen LogP contribution in [0.3, 0.4) is 0 Å². The van der Waals surface area contributed by atoms with Crippen molar-refractivity contribution < 1.29 is 0 Å². The van der Waals surface area contributed by atoms with Gasteiger partial charge in [0.1, 0.15) is 5.82 Å². The summed E-state index contributed by atoms with van der Waals surface area (Å²) in [6, 6.07) is 0.749. The highest BCUT2D eigenvalue weighted by atomic mass is 15.2. The Labute approximate surface area is 128 Å². The molecular weight excluding hydrogens is 260 g/mol. The van der Waals surface area contributed by atoms with Gasteiger partial charge in [-0.25, -0.2) is 4.98 Å². The Morgan fingerprint density at radius 1 is 1.10 bits per heavy atom. The van der Waals surface area contributed by atoms with Gasteiger partial charge in [0.15, 0.2) is 0 Å². The average Bonchev–Trinajstić information content (AvgIpc) is 3.03. The molecule has 21 heavy (non-hydrogen) atoms. The summed E-state index contributed by atoms with van der Waals surface area (Å²) in [6.45, 7) is 11.4. The van der Waals surface area contributed by atoms with Crippen LogP contribution in [0.1, 0.15) is 44.0 Å². The molecule has 0 spiro atoms. The van der Waals surface area contributed by atoms with Crippen LogP contribution < -0.4 is 4.90 Å². The number of anilines is 1. The normalized spacial score (nSPS) is 22.7. The van der Waals surface area contributed by atoms with Crippen LogP contribution in [0.4, 0.5) is 5.82 Å². The number of piperidine rings is 1. The highest BCUT2D eigenvalue weighted by molar-refractivity contribution is 5.43. The fraction of sp³-hybridized carbons (Fsp3) is 0.765. The Morgan fingerprint density at radius 3 is 2.43 bits per heavy atom. The van der Waals surface area contributed by atoms with Gasteiger partial charge in [0.2, 0.25) is 0 Å². The van der Waals surface area contributed by atoms with Gasteiger partial charge in [-0.2, -0.15) is 0 Å². The topological polar surface area (TPSA) is 32.3 Å². The van der Waals surface area contributed by atoms with E-state index in [2.05, 4.69) is 28.6 Å². The smallest absolute Gasteiger partial charge is 0.150 e. The number of rotatable bonds is 3. The third-order valence-corrected chi connectivity index (χ3v) is 5.29. The van der Waals surface area contributed by atoms with Crippen LogP contribution in [-0.2, 0) is 0 Å². The number of aromatic nitrogens is 2. The lowest BCUT2D eigenvalue weighted by Gasteiger charge is -2.39. The molecule has 1 aromatic heterocycles. The molecule has 2 fully saturated rings. The highest BCUT2D eigenvalue weighted by Crippen LogP contribution is 2.29. The summed E-state index contributed by atoms with van der Waals surface area (Å²) in [5.41, 5.74) is 2.08. The van der Waals surface area contributed by atoms with E-state index in [1.54, 1.807) is 0 Å². The van der Waals surface area contributed by atoms with Crippen molar-refractivity contribution in [3.63, 3.8) is 0 Å². The molecule has 0 aromatic carbocycles. The van der Waals surface area contributed by atoms with Gasteiger partial charge in [-0.1, -0.05) is 0 Å². The van der Waals surface area contributed by atoms with Gasteiger partial charge in [0, 0.05) is 25.3 Å². The minimum absolute atomic E-state index is 0.749. The summed E-state index contributed by atoms with van der Waals surface area (Å²) in [5, 5.41) is 0. The zero-order chi connectivity index (χ0) is 14.8. The summed E-state index contributed by atoms with van der Waals surface area (Å²) >= 11 is 0. The lowest BCUT2D eigenvalue weighted by Crippen LogP contribution is -2.43. The molecule has 1 aromatic rings. The van der Waals surface area contributed by atoms with Crippen LogP contribution in [0.25, 0.3) is 0 Å². The van der Waals surface area contributed by atoms with Crippen LogP contribution in [-0.4, -0.2) is 47.1 Å². The molecule has 0 bridgehead atoms. The van der Waals surface area contributed by atoms with E-state index in [0.717, 1.165) is 42.3 Å². The molecule has 2 saturated heterocycles. The third kappa shape index (κ3) is 3.20. The van der Waals surface area contributed by atoms with Crippen LogP contribution in [0.15, 0.2) is 6.20 Å². The first-order valence-electron chi connectivity index (χ1n) is 8.44. The molecule has 0 N–H and O–H groups in total. The maximum absolute atomic E-state index is 4.70. The maximum atomic E-state index is 4.70. The van der Waals surface area contributed by atoms with E-state index in [1.807, 2.05) is 13.1 Å². The van der Waals surface area contributed by atoms with Crippen molar-refractivity contribution in [2.24, 2.45) is 5.92 Å². The molecule has 0 saturated carbocycles. The summed E-state index contributed by atoms with van der Waals surface area (Å²) in [7, 11) is 0. The van der Waals surface area contributed by atoms with E-state index in [-0.39, 0.29) is 0 Å². The van der Waals surface area contributed by atoms with Crippen LogP contribution >= 0.6 is 0 Å². The SMILES string of the molecule is Cc1cnc(C)c(N2CCC(C(C)N3CCCC3)CC2)n1. The van der Waals surface area contributed by atoms with Gasteiger partial charge in [-0.3, -0.25) is 4.98 Å². The number of hydrogen-bond acceptors (Lipinski definition) is 4. The van der Waals surface area contributed by atoms with Crippen molar-refractivity contribution in [2.45, 2.75) is 52.5 Å². The van der Waals surface area contributed by atoms with Gasteiger partial charge in [-0.15, -0.1) is 0 Å². The zero-order valence-corrected chi connectivity index (χ0v) is 13.7. The monoisotopic (exact) mass is 288 g/mol. The molecule has 0 amide bonds. The molecule has 3 rings (SSSR count). The number of hydrogen-bond donors (Lipinski definition) is 0. The predicted octanol–water partition coefficient (Wildman–Crippen LogP) is 2.79. The minimum atomic E-state index is 0.749. The maximum Gasteiger partial charge on any atom is 0.150 e. The number of likely N-dealkylation sites (tertiary alicyclic amines) is 1. The number of nitrogens with zero attached hydrogens (tertiary/aromatic N) is 4. The van der Waals surface area contributed by atoms with E-state index in [0.29, 0.717) is 0 Å². The van der Waals surface area contributed by atoms with Gasteiger partial charge >= 0.3 is 0 Å². The van der Waals surface area contributed by atoms with E-state index in [9.17, 15) is 0 Å². The van der Waals surface area contributed by atoms with Crippen LogP contribution in [0.2, 0.25) is 0 Å². The molecule has 0 radical (unpaired) electrons. The van der Waals surface area contributed by atoms with Crippen LogP contribution in [0.5, 0.6) is 0 Å². The fourth-order valence-electron chi connectivity index (χ4n) is 3.86. The van der Waals surface area contributed by atoms with Gasteiger partial charge in [0.25, 0.3) is 0 Å². The largest absolute Gasteiger partial charge is 0.355 e. The highest BCUT2D eigenvalue weighted by Gasteiger charge is 2.29. The van der Waals surface area contributed by atoms with Gasteiger partial charge in [0.05, 0.1) is 11.4 Å². The first-order chi connectivity index (χ1) is 10.1. The second-order valence-electron chi connectivity index (χ2n) is 6.73. The Bertz CT molecular complexity index is 474. The van der Waals surface area contributed by atoms with Crippen molar-refractivity contribution in [3.05, 3.63) is 17.6 Å². The third-order valence-electron chi connectivity index (χ3n) is 5.29. The quantitative estimate of drug-likeness (QED) is 0.856. The Balaban J connectivity index is 1.60. The van der Waals surface area contributed by atoms with E-state index in [4.69, 9.17) is 4.98 Å². The lowest BCUT2D eigenvalue weighted by molar-refractivity contribution is 0.167. The summed E-state index contributed by atoms with van der Waals surface area (Å²) in [4.78, 5) is 14.3. The molecule has 4 nitrogen and oxygen atoms in total. The average molecular weight is 288 g/mol. The zero-order valence-electron chi connectivity index (χ0n) is 13.7. The first kappa shape index (κ1) is 14.8. The van der Waals surface area contributed by atoms with Crippen LogP contribution in [0, 0.1) is 19.8 Å². The summed E-state index contributed by atoms with van der Waals surface area (Å²) < 4.78 is 0. The standard InChI is InChI=1S/C17H28N4/c1-13-12-18-14(2)17(19-13)21-10-6-16(7-11-21)15(3)20-8-4-5-9-20/h12,15-16H,4-11H2,1-3H3. The molecule has 2 aliphatic rings. The van der Waals surface area contributed by atoms with Gasteiger partial charge in [-0.05, 0) is 65.5 Å².